The molecule has 0 aliphatic rings. The number of nitrogens with one attached hydrogen (secondary N) is 2. The van der Waals surface area contributed by atoms with Crippen molar-refractivity contribution >= 4 is 51.3 Å². The van der Waals surface area contributed by atoms with Crippen LogP contribution in [0.1, 0.15) is 53.9 Å². The van der Waals surface area contributed by atoms with Crippen molar-refractivity contribution in [3.8, 4) is 0 Å². The van der Waals surface area contributed by atoms with E-state index in [1.807, 2.05) is 87.7 Å². The molecule has 0 fully saturated rings. The fraction of sp³-hybridized carbons (Fsp3) is 0.118. The normalized spacial score (nSPS) is 10.3. The van der Waals surface area contributed by atoms with Gasteiger partial charge in [-0.1, -0.05) is 81.6 Å². The number of nitrogens with zero attached hydrogens (tertiary/aromatic N) is 2. The SMILES string of the molecule is C=C(Nc1cccc(C(=C)c2ccc3c(/C=C/c4csc(C)n4)n[nH]c3c2)c1)c1ccccc1.C=CC.CC. The standard InChI is InChI=1S/C29H24N4S.C3H6.C2H6/c1-19(23-10-7-11-25(16-23)30-20(2)22-8-5-4-6-9-22)24-12-14-27-28(32-33-29(27)17-24)15-13-26-18-34-21(3)31-26;1-3-2;1-2/h4-18,30H,1-2H2,3H3,(H,32,33);3H,1H2,2H3;1-2H3/b15-13+;;. The van der Waals surface area contributed by atoms with Crippen LogP contribution in [0, 0.1) is 6.92 Å². The Morgan fingerprint density at radius 3 is 2.28 bits per heavy atom. The monoisotopic (exact) mass is 532 g/mol. The van der Waals surface area contributed by atoms with Gasteiger partial charge in [0.2, 0.25) is 0 Å². The van der Waals surface area contributed by atoms with Gasteiger partial charge in [-0.25, -0.2) is 4.98 Å². The van der Waals surface area contributed by atoms with Gasteiger partial charge in [0.1, 0.15) is 0 Å². The van der Waals surface area contributed by atoms with Crippen LogP contribution in [-0.2, 0) is 0 Å². The number of aryl methyl sites for hydroxylation is 1. The number of benzene rings is 3. The first-order chi connectivity index (χ1) is 19.0. The van der Waals surface area contributed by atoms with Crippen molar-refractivity contribution in [1.82, 2.24) is 15.2 Å². The van der Waals surface area contributed by atoms with Crippen molar-refractivity contribution in [3.63, 3.8) is 0 Å². The van der Waals surface area contributed by atoms with Crippen molar-refractivity contribution in [2.24, 2.45) is 0 Å². The molecule has 0 unspecified atom stereocenters. The molecule has 5 heteroatoms. The number of aromatic nitrogens is 3. The number of hydrogen-bond donors (Lipinski definition) is 2. The highest BCUT2D eigenvalue weighted by Gasteiger charge is 2.09. The van der Waals surface area contributed by atoms with E-state index >= 15 is 0 Å². The molecule has 0 saturated heterocycles. The fourth-order valence-electron chi connectivity index (χ4n) is 3.81. The third kappa shape index (κ3) is 7.76. The lowest BCUT2D eigenvalue weighted by molar-refractivity contribution is 1.11. The Morgan fingerprint density at radius 1 is 0.897 bits per heavy atom. The first-order valence-electron chi connectivity index (χ1n) is 12.9. The number of rotatable bonds is 7. The minimum absolute atomic E-state index is 0.857. The van der Waals surface area contributed by atoms with Crippen molar-refractivity contribution in [1.29, 1.82) is 0 Å². The second kappa shape index (κ2) is 14.5. The molecule has 0 aliphatic heterocycles. The van der Waals surface area contributed by atoms with Crippen molar-refractivity contribution in [2.75, 3.05) is 5.32 Å². The summed E-state index contributed by atoms with van der Waals surface area (Å²) in [7, 11) is 0. The lowest BCUT2D eigenvalue weighted by Gasteiger charge is -2.12. The molecule has 198 valence electrons. The van der Waals surface area contributed by atoms with E-state index in [1.54, 1.807) is 17.4 Å². The van der Waals surface area contributed by atoms with Crippen molar-refractivity contribution in [2.45, 2.75) is 27.7 Å². The lowest BCUT2D eigenvalue weighted by atomic mass is 9.98. The van der Waals surface area contributed by atoms with Crippen LogP contribution < -0.4 is 5.32 Å². The average molecular weight is 533 g/mol. The van der Waals surface area contributed by atoms with Crippen LogP contribution in [0.25, 0.3) is 34.3 Å². The summed E-state index contributed by atoms with van der Waals surface area (Å²) in [5, 5.41) is 15.2. The molecule has 5 aromatic rings. The first kappa shape index (κ1) is 29.1. The summed E-state index contributed by atoms with van der Waals surface area (Å²) < 4.78 is 0. The zero-order valence-electron chi connectivity index (χ0n) is 23.2. The van der Waals surface area contributed by atoms with Crippen LogP contribution in [0.15, 0.2) is 104 Å². The van der Waals surface area contributed by atoms with Crippen LogP contribution in [0.5, 0.6) is 0 Å². The average Bonchev–Trinajstić information content (AvgIpc) is 3.58. The largest absolute Gasteiger partial charge is 0.356 e. The van der Waals surface area contributed by atoms with Gasteiger partial charge in [-0.15, -0.1) is 17.9 Å². The summed E-state index contributed by atoms with van der Waals surface area (Å²) in [6.07, 6.45) is 5.74. The highest BCUT2D eigenvalue weighted by Crippen LogP contribution is 2.28. The van der Waals surface area contributed by atoms with Crippen LogP contribution in [-0.4, -0.2) is 15.2 Å². The van der Waals surface area contributed by atoms with Crippen molar-refractivity contribution < 1.29 is 0 Å². The summed E-state index contributed by atoms with van der Waals surface area (Å²) in [6, 6.07) is 24.6. The maximum absolute atomic E-state index is 4.48. The van der Waals surface area contributed by atoms with E-state index in [1.165, 1.54) is 0 Å². The van der Waals surface area contributed by atoms with Crippen LogP contribution in [0.2, 0.25) is 0 Å². The van der Waals surface area contributed by atoms with Gasteiger partial charge >= 0.3 is 0 Å². The Hall–Kier alpha value is -4.48. The summed E-state index contributed by atoms with van der Waals surface area (Å²) in [5.74, 6) is 0. The summed E-state index contributed by atoms with van der Waals surface area (Å²) >= 11 is 1.64. The smallest absolute Gasteiger partial charge is 0.0928 e. The third-order valence-electron chi connectivity index (χ3n) is 5.62. The van der Waals surface area contributed by atoms with Gasteiger partial charge < -0.3 is 5.32 Å². The molecule has 0 bridgehead atoms. The van der Waals surface area contributed by atoms with Gasteiger partial charge in [0.15, 0.2) is 0 Å². The quantitative estimate of drug-likeness (QED) is 0.205. The maximum Gasteiger partial charge on any atom is 0.0928 e. The van der Waals surface area contributed by atoms with Gasteiger partial charge in [0, 0.05) is 22.2 Å². The number of allylic oxidation sites excluding steroid dienone is 1. The molecule has 5 rings (SSSR count). The molecule has 39 heavy (non-hydrogen) atoms. The molecule has 0 saturated carbocycles. The van der Waals surface area contributed by atoms with E-state index in [0.717, 1.165) is 60.9 Å². The van der Waals surface area contributed by atoms with Gasteiger partial charge in [-0.3, -0.25) is 5.10 Å². The molecule has 0 aliphatic carbocycles. The summed E-state index contributed by atoms with van der Waals surface area (Å²) in [6.45, 7) is 19.8. The highest BCUT2D eigenvalue weighted by molar-refractivity contribution is 7.09. The second-order valence-corrected chi connectivity index (χ2v) is 9.49. The van der Waals surface area contributed by atoms with Crippen LogP contribution >= 0.6 is 11.3 Å². The number of H-pyrrole nitrogens is 1. The lowest BCUT2D eigenvalue weighted by Crippen LogP contribution is -1.98. The summed E-state index contributed by atoms with van der Waals surface area (Å²) in [5.41, 5.74) is 8.74. The van der Waals surface area contributed by atoms with E-state index in [9.17, 15) is 0 Å². The minimum atomic E-state index is 0.857. The maximum atomic E-state index is 4.48. The minimum Gasteiger partial charge on any atom is -0.356 e. The van der Waals surface area contributed by atoms with E-state index in [4.69, 9.17) is 0 Å². The van der Waals surface area contributed by atoms with Crippen LogP contribution in [0.3, 0.4) is 0 Å². The Balaban J connectivity index is 0.000000787. The van der Waals surface area contributed by atoms with E-state index < -0.39 is 0 Å². The van der Waals surface area contributed by atoms with E-state index in [2.05, 4.69) is 70.6 Å². The van der Waals surface area contributed by atoms with Gasteiger partial charge in [-0.2, -0.15) is 5.10 Å². The number of hydrogen-bond acceptors (Lipinski definition) is 4. The zero-order valence-corrected chi connectivity index (χ0v) is 24.0. The number of aromatic amines is 1. The number of thiazole rings is 1. The van der Waals surface area contributed by atoms with Gasteiger partial charge in [-0.05, 0) is 72.5 Å². The number of fused-ring (bicyclic) bond motifs is 1. The Morgan fingerprint density at radius 2 is 1.59 bits per heavy atom. The van der Waals surface area contributed by atoms with Gasteiger partial charge in [0.05, 0.1) is 21.9 Å². The molecule has 2 heterocycles. The summed E-state index contributed by atoms with van der Waals surface area (Å²) in [4.78, 5) is 4.47. The molecule has 2 N–H and O–H groups in total. The van der Waals surface area contributed by atoms with E-state index in [0.29, 0.717) is 0 Å². The molecule has 3 aromatic carbocycles. The molecule has 0 amide bonds. The third-order valence-corrected chi connectivity index (χ3v) is 6.41. The molecular weight excluding hydrogens is 496 g/mol. The second-order valence-electron chi connectivity index (χ2n) is 8.43. The molecule has 0 spiro atoms. The topological polar surface area (TPSA) is 53.6 Å². The predicted octanol–water partition coefficient (Wildman–Crippen LogP) is 9.86. The highest BCUT2D eigenvalue weighted by atomic mass is 32.1. The predicted molar refractivity (Wildman–Crippen MR) is 173 cm³/mol. The first-order valence-corrected chi connectivity index (χ1v) is 13.8. The van der Waals surface area contributed by atoms with Crippen LogP contribution in [0.4, 0.5) is 5.69 Å². The van der Waals surface area contributed by atoms with E-state index in [-0.39, 0.29) is 0 Å². The molecule has 0 radical (unpaired) electrons. The molecular formula is C34H36N4S. The fourth-order valence-corrected chi connectivity index (χ4v) is 4.39. The Kier molecular flexibility index (Phi) is 10.8. The Bertz CT molecular complexity index is 1570. The number of anilines is 1. The van der Waals surface area contributed by atoms with Crippen molar-refractivity contribution in [3.05, 3.63) is 137 Å². The molecule has 0 atom stereocenters. The molecule has 2 aromatic heterocycles. The van der Waals surface area contributed by atoms with Gasteiger partial charge in [0.25, 0.3) is 0 Å². The molecule has 4 nitrogen and oxygen atoms in total. The zero-order chi connectivity index (χ0) is 28.2. The Labute approximate surface area is 236 Å².